The van der Waals surface area contributed by atoms with Crippen LogP contribution in [0.4, 0.5) is 10.2 Å². The second-order valence-corrected chi connectivity index (χ2v) is 7.81. The number of rotatable bonds is 8. The second-order valence-electron chi connectivity index (χ2n) is 6.73. The first kappa shape index (κ1) is 21.5. The number of morpholine rings is 1. The summed E-state index contributed by atoms with van der Waals surface area (Å²) in [5, 5.41) is 3.57. The molecule has 1 fully saturated rings. The van der Waals surface area contributed by atoms with Gasteiger partial charge in [-0.15, -0.1) is 11.8 Å². The molecule has 2 heterocycles. The van der Waals surface area contributed by atoms with Crippen molar-refractivity contribution in [3.05, 3.63) is 52.8 Å². The fourth-order valence-corrected chi connectivity index (χ4v) is 4.10. The maximum absolute atomic E-state index is 13.4. The molecule has 1 N–H and O–H groups in total. The van der Waals surface area contributed by atoms with E-state index in [1.54, 1.807) is 19.2 Å². The Hall–Kier alpha value is -2.16. The molecule has 156 valence electrons. The molecule has 6 nitrogen and oxygen atoms in total. The lowest BCUT2D eigenvalue weighted by Gasteiger charge is -2.29. The van der Waals surface area contributed by atoms with Crippen molar-refractivity contribution in [2.24, 2.45) is 0 Å². The minimum Gasteiger partial charge on any atom is -0.384 e. The van der Waals surface area contributed by atoms with E-state index in [2.05, 4.69) is 10.2 Å². The standard InChI is InChI=1S/C21H26FN3O3S/c1-15-12-18(25-6-8-28-9-7-25)24-21(29-11-10-27-2)19(15)20(26)23-14-16-4-3-5-17(22)13-16/h3-5,12-13H,6-11,14H2,1-2H3,(H,23,26). The number of aromatic nitrogens is 1. The molecule has 8 heteroatoms. The molecule has 1 aromatic heterocycles. The molecule has 2 aromatic rings. The minimum absolute atomic E-state index is 0.215. The second kappa shape index (κ2) is 10.6. The number of halogens is 1. The van der Waals surface area contributed by atoms with Crippen molar-refractivity contribution in [2.45, 2.75) is 18.5 Å². The average Bonchev–Trinajstić information content (AvgIpc) is 2.72. The van der Waals surface area contributed by atoms with Crippen molar-refractivity contribution in [1.29, 1.82) is 0 Å². The third-order valence-corrected chi connectivity index (χ3v) is 5.54. The Kier molecular flexibility index (Phi) is 7.85. The summed E-state index contributed by atoms with van der Waals surface area (Å²) in [7, 11) is 1.65. The molecule has 0 spiro atoms. The summed E-state index contributed by atoms with van der Waals surface area (Å²) in [4.78, 5) is 19.9. The molecule has 0 radical (unpaired) electrons. The maximum atomic E-state index is 13.4. The number of methoxy groups -OCH3 is 1. The quantitative estimate of drug-likeness (QED) is 0.524. The van der Waals surface area contributed by atoms with Gasteiger partial charge in [0, 0.05) is 32.5 Å². The van der Waals surface area contributed by atoms with Crippen LogP contribution in [-0.2, 0) is 16.0 Å². The summed E-state index contributed by atoms with van der Waals surface area (Å²) in [5.41, 5.74) is 2.13. The monoisotopic (exact) mass is 419 g/mol. The van der Waals surface area contributed by atoms with Crippen molar-refractivity contribution in [3.8, 4) is 0 Å². The van der Waals surface area contributed by atoms with Gasteiger partial charge in [-0.1, -0.05) is 12.1 Å². The number of nitrogens with zero attached hydrogens (tertiary/aromatic N) is 2. The van der Waals surface area contributed by atoms with Gasteiger partial charge in [0.1, 0.15) is 16.7 Å². The molecule has 3 rings (SSSR count). The van der Waals surface area contributed by atoms with Crippen LogP contribution in [0.15, 0.2) is 35.4 Å². The molecule has 0 saturated carbocycles. The van der Waals surface area contributed by atoms with Crippen molar-refractivity contribution in [1.82, 2.24) is 10.3 Å². The molecule has 1 saturated heterocycles. The molecule has 1 aliphatic rings. The van der Waals surface area contributed by atoms with Crippen LogP contribution < -0.4 is 10.2 Å². The lowest BCUT2D eigenvalue weighted by atomic mass is 10.1. The number of amides is 1. The van der Waals surface area contributed by atoms with E-state index < -0.39 is 0 Å². The number of aryl methyl sites for hydroxylation is 1. The fourth-order valence-electron chi connectivity index (χ4n) is 3.10. The first-order chi connectivity index (χ1) is 14.1. The summed E-state index contributed by atoms with van der Waals surface area (Å²) in [6, 6.07) is 8.16. The number of hydrogen-bond acceptors (Lipinski definition) is 6. The van der Waals surface area contributed by atoms with Crippen LogP contribution in [0.3, 0.4) is 0 Å². The Morgan fingerprint density at radius 3 is 2.86 bits per heavy atom. The van der Waals surface area contributed by atoms with Gasteiger partial charge in [-0.25, -0.2) is 9.37 Å². The lowest BCUT2D eigenvalue weighted by Crippen LogP contribution is -2.37. The maximum Gasteiger partial charge on any atom is 0.254 e. The van der Waals surface area contributed by atoms with E-state index in [9.17, 15) is 9.18 Å². The smallest absolute Gasteiger partial charge is 0.254 e. The number of nitrogens with one attached hydrogen (secondary N) is 1. The van der Waals surface area contributed by atoms with Gasteiger partial charge in [0.05, 0.1) is 25.4 Å². The van der Waals surface area contributed by atoms with Gasteiger partial charge in [0.15, 0.2) is 0 Å². The van der Waals surface area contributed by atoms with Crippen LogP contribution in [-0.4, -0.2) is 56.7 Å². The number of hydrogen-bond donors (Lipinski definition) is 1. The third-order valence-electron chi connectivity index (χ3n) is 4.60. The van der Waals surface area contributed by atoms with Crippen LogP contribution >= 0.6 is 11.8 Å². The third kappa shape index (κ3) is 5.91. The summed E-state index contributed by atoms with van der Waals surface area (Å²) in [6.45, 7) is 5.63. The predicted octanol–water partition coefficient (Wildman–Crippen LogP) is 3.03. The normalized spacial score (nSPS) is 14.1. The van der Waals surface area contributed by atoms with Crippen molar-refractivity contribution in [3.63, 3.8) is 0 Å². The van der Waals surface area contributed by atoms with E-state index in [1.165, 1.54) is 23.9 Å². The number of pyridine rings is 1. The Morgan fingerprint density at radius 1 is 1.34 bits per heavy atom. The molecule has 1 amide bonds. The predicted molar refractivity (Wildman–Crippen MR) is 112 cm³/mol. The highest BCUT2D eigenvalue weighted by molar-refractivity contribution is 7.99. The van der Waals surface area contributed by atoms with Gasteiger partial charge in [-0.3, -0.25) is 4.79 Å². The summed E-state index contributed by atoms with van der Waals surface area (Å²) in [6.07, 6.45) is 0. The summed E-state index contributed by atoms with van der Waals surface area (Å²) < 4.78 is 24.0. The SMILES string of the molecule is COCCSc1nc(N2CCOCC2)cc(C)c1C(=O)NCc1cccc(F)c1. The molecule has 29 heavy (non-hydrogen) atoms. The van der Waals surface area contributed by atoms with E-state index in [1.807, 2.05) is 13.0 Å². The van der Waals surface area contributed by atoms with Crippen LogP contribution in [0.2, 0.25) is 0 Å². The summed E-state index contributed by atoms with van der Waals surface area (Å²) >= 11 is 1.50. The molecular formula is C21H26FN3O3S. The number of anilines is 1. The lowest BCUT2D eigenvalue weighted by molar-refractivity contribution is 0.0946. The molecule has 0 aliphatic carbocycles. The van der Waals surface area contributed by atoms with E-state index in [0.717, 1.165) is 24.5 Å². The Balaban J connectivity index is 1.81. The Bertz CT molecular complexity index is 844. The van der Waals surface area contributed by atoms with Crippen LogP contribution in [0.5, 0.6) is 0 Å². The topological polar surface area (TPSA) is 63.7 Å². The Morgan fingerprint density at radius 2 is 2.14 bits per heavy atom. The number of benzene rings is 1. The molecule has 0 atom stereocenters. The highest BCUT2D eigenvalue weighted by Gasteiger charge is 2.21. The van der Waals surface area contributed by atoms with E-state index in [4.69, 9.17) is 14.5 Å². The number of thioether (sulfide) groups is 1. The van der Waals surface area contributed by atoms with Gasteiger partial charge in [0.25, 0.3) is 5.91 Å². The zero-order valence-corrected chi connectivity index (χ0v) is 17.6. The van der Waals surface area contributed by atoms with Gasteiger partial charge in [-0.2, -0.15) is 0 Å². The molecule has 1 aliphatic heterocycles. The van der Waals surface area contributed by atoms with Gasteiger partial charge >= 0.3 is 0 Å². The molecule has 1 aromatic carbocycles. The minimum atomic E-state index is -0.319. The highest BCUT2D eigenvalue weighted by atomic mass is 32.2. The highest BCUT2D eigenvalue weighted by Crippen LogP contribution is 2.28. The van der Waals surface area contributed by atoms with Crippen LogP contribution in [0.1, 0.15) is 21.5 Å². The number of ether oxygens (including phenoxy) is 2. The van der Waals surface area contributed by atoms with Crippen molar-refractivity contribution in [2.75, 3.05) is 50.7 Å². The van der Waals surface area contributed by atoms with Crippen LogP contribution in [0, 0.1) is 12.7 Å². The Labute approximate surface area is 174 Å². The zero-order chi connectivity index (χ0) is 20.6. The van der Waals surface area contributed by atoms with E-state index in [-0.39, 0.29) is 18.3 Å². The molecule has 0 unspecified atom stereocenters. The summed E-state index contributed by atoms with van der Waals surface area (Å²) in [5.74, 6) is 1.01. The first-order valence-corrected chi connectivity index (χ1v) is 10.6. The molecular weight excluding hydrogens is 393 g/mol. The van der Waals surface area contributed by atoms with Crippen molar-refractivity contribution >= 4 is 23.5 Å². The van der Waals surface area contributed by atoms with Gasteiger partial charge in [0.2, 0.25) is 0 Å². The number of carbonyl (C=O) groups is 1. The number of carbonyl (C=O) groups excluding carboxylic acids is 1. The molecule has 0 bridgehead atoms. The van der Waals surface area contributed by atoms with Crippen molar-refractivity contribution < 1.29 is 18.7 Å². The van der Waals surface area contributed by atoms with E-state index in [0.29, 0.717) is 41.7 Å². The van der Waals surface area contributed by atoms with Gasteiger partial charge in [-0.05, 0) is 36.2 Å². The largest absolute Gasteiger partial charge is 0.384 e. The first-order valence-electron chi connectivity index (χ1n) is 9.57. The zero-order valence-electron chi connectivity index (χ0n) is 16.7. The van der Waals surface area contributed by atoms with Gasteiger partial charge < -0.3 is 19.7 Å². The average molecular weight is 420 g/mol. The fraction of sp³-hybridized carbons (Fsp3) is 0.429. The van der Waals surface area contributed by atoms with Crippen LogP contribution in [0.25, 0.3) is 0 Å². The van der Waals surface area contributed by atoms with E-state index >= 15 is 0 Å².